The highest BCUT2D eigenvalue weighted by molar-refractivity contribution is 5.77. The van der Waals surface area contributed by atoms with Gasteiger partial charge < -0.3 is 14.7 Å². The van der Waals surface area contributed by atoms with Crippen molar-refractivity contribution < 1.29 is 19.0 Å². The highest BCUT2D eigenvalue weighted by Crippen LogP contribution is 2.26. The smallest absolute Gasteiger partial charge is 0.226 e. The Balaban J connectivity index is 1.71. The van der Waals surface area contributed by atoms with Crippen LogP contribution >= 0.6 is 0 Å². The molecule has 0 aliphatic carbocycles. The molecule has 5 heteroatoms. The van der Waals surface area contributed by atoms with E-state index >= 15 is 0 Å². The van der Waals surface area contributed by atoms with Gasteiger partial charge in [0, 0.05) is 0 Å². The number of likely N-dealkylation sites (tertiary alicyclic amines) is 1. The lowest BCUT2D eigenvalue weighted by molar-refractivity contribution is -0.157. The van der Waals surface area contributed by atoms with Gasteiger partial charge in [-0.05, 0) is 18.6 Å². The summed E-state index contributed by atoms with van der Waals surface area (Å²) >= 11 is 0. The maximum atomic E-state index is 13.3. The van der Waals surface area contributed by atoms with Crippen molar-refractivity contribution in [3.8, 4) is 5.75 Å². The zero-order valence-electron chi connectivity index (χ0n) is 11.6. The Morgan fingerprint density at radius 2 is 2.15 bits per heavy atom. The Labute approximate surface area is 118 Å². The third-order valence-corrected chi connectivity index (χ3v) is 3.45. The van der Waals surface area contributed by atoms with Crippen LogP contribution in [0.3, 0.4) is 0 Å². The number of carbonyl (C=O) groups excluding carboxylic acids is 1. The fourth-order valence-corrected chi connectivity index (χ4v) is 2.43. The van der Waals surface area contributed by atoms with Crippen LogP contribution in [-0.2, 0) is 4.79 Å². The average molecular weight is 281 g/mol. The Morgan fingerprint density at radius 1 is 1.45 bits per heavy atom. The molecule has 4 nitrogen and oxygen atoms in total. The predicted octanol–water partition coefficient (Wildman–Crippen LogP) is 1.97. The summed E-state index contributed by atoms with van der Waals surface area (Å²) in [5.74, 6) is -0.338. The van der Waals surface area contributed by atoms with Crippen molar-refractivity contribution in [2.24, 2.45) is 0 Å². The molecule has 110 valence electrons. The van der Waals surface area contributed by atoms with Gasteiger partial charge in [-0.3, -0.25) is 4.79 Å². The van der Waals surface area contributed by atoms with Gasteiger partial charge in [-0.2, -0.15) is 0 Å². The molecule has 1 aliphatic heterocycles. The van der Waals surface area contributed by atoms with Gasteiger partial charge in [0.1, 0.15) is 0 Å². The van der Waals surface area contributed by atoms with Crippen LogP contribution in [0.15, 0.2) is 24.3 Å². The Kier molecular flexibility index (Phi) is 4.60. The summed E-state index contributed by atoms with van der Waals surface area (Å²) in [7, 11) is 0. The number of ether oxygens (including phenoxy) is 1. The van der Waals surface area contributed by atoms with Crippen LogP contribution in [0.25, 0.3) is 0 Å². The molecule has 0 unspecified atom stereocenters. The molecule has 0 aromatic heterocycles. The minimum absolute atomic E-state index is 0.0675. The van der Waals surface area contributed by atoms with Gasteiger partial charge in [0.2, 0.25) is 5.91 Å². The summed E-state index contributed by atoms with van der Waals surface area (Å²) in [6, 6.07) is 6.11. The minimum Gasteiger partial charge on any atom is -0.490 e. The fraction of sp³-hybridized carbons (Fsp3) is 0.533. The number of rotatable bonds is 6. The van der Waals surface area contributed by atoms with Gasteiger partial charge >= 0.3 is 0 Å². The number of carbonyl (C=O) groups is 1. The molecular weight excluding hydrogens is 261 g/mol. The summed E-state index contributed by atoms with van der Waals surface area (Å²) in [5, 5.41) is 9.99. The molecule has 1 fully saturated rings. The van der Waals surface area contributed by atoms with Crippen LogP contribution in [0.1, 0.15) is 26.2 Å². The normalized spacial score (nSPS) is 16.6. The monoisotopic (exact) mass is 281 g/mol. The Bertz CT molecular complexity index is 472. The molecule has 0 saturated carbocycles. The van der Waals surface area contributed by atoms with Crippen molar-refractivity contribution in [2.75, 3.05) is 19.7 Å². The topological polar surface area (TPSA) is 49.8 Å². The second kappa shape index (κ2) is 6.22. The number of amides is 1. The predicted molar refractivity (Wildman–Crippen MR) is 72.9 cm³/mol. The zero-order valence-corrected chi connectivity index (χ0v) is 11.6. The van der Waals surface area contributed by atoms with Crippen LogP contribution in [0.2, 0.25) is 0 Å². The van der Waals surface area contributed by atoms with Crippen LogP contribution in [0.5, 0.6) is 5.75 Å². The largest absolute Gasteiger partial charge is 0.490 e. The lowest BCUT2D eigenvalue weighted by atomic mass is 9.89. The van der Waals surface area contributed by atoms with Gasteiger partial charge in [0.15, 0.2) is 11.6 Å². The summed E-state index contributed by atoms with van der Waals surface area (Å²) in [6.07, 6.45) is 1.80. The SMILES string of the molecule is CCCC1(O)CN(C(=O)CCOc2ccccc2F)C1. The van der Waals surface area contributed by atoms with Crippen LogP contribution in [0.4, 0.5) is 4.39 Å². The maximum absolute atomic E-state index is 13.3. The second-order valence-electron chi connectivity index (χ2n) is 5.25. The zero-order chi connectivity index (χ0) is 14.6. The van der Waals surface area contributed by atoms with E-state index in [0.717, 1.165) is 6.42 Å². The van der Waals surface area contributed by atoms with Gasteiger partial charge in [0.25, 0.3) is 0 Å². The number of benzene rings is 1. The Morgan fingerprint density at radius 3 is 2.80 bits per heavy atom. The molecule has 0 bridgehead atoms. The van der Waals surface area contributed by atoms with Gasteiger partial charge in [-0.25, -0.2) is 4.39 Å². The summed E-state index contributed by atoms with van der Waals surface area (Å²) in [5.41, 5.74) is -0.712. The number of para-hydroxylation sites is 1. The highest BCUT2D eigenvalue weighted by atomic mass is 19.1. The van der Waals surface area contributed by atoms with E-state index in [-0.39, 0.29) is 24.7 Å². The van der Waals surface area contributed by atoms with E-state index < -0.39 is 11.4 Å². The van der Waals surface area contributed by atoms with Crippen LogP contribution in [0, 0.1) is 5.82 Å². The number of β-amino-alcohol motifs (C(OH)–C–C–N with tert-alkyl or cyclic N) is 1. The van der Waals surface area contributed by atoms with Crippen molar-refractivity contribution in [3.05, 3.63) is 30.1 Å². The van der Waals surface area contributed by atoms with E-state index in [4.69, 9.17) is 4.74 Å². The van der Waals surface area contributed by atoms with Crippen molar-refractivity contribution in [3.63, 3.8) is 0 Å². The summed E-state index contributed by atoms with van der Waals surface area (Å²) < 4.78 is 18.5. The molecule has 1 N–H and O–H groups in total. The lowest BCUT2D eigenvalue weighted by Gasteiger charge is -2.46. The van der Waals surface area contributed by atoms with E-state index in [1.807, 2.05) is 6.92 Å². The van der Waals surface area contributed by atoms with Crippen molar-refractivity contribution in [1.82, 2.24) is 4.90 Å². The first-order valence-electron chi connectivity index (χ1n) is 6.91. The average Bonchev–Trinajstić information content (AvgIpc) is 2.38. The number of hydrogen-bond acceptors (Lipinski definition) is 3. The number of hydrogen-bond donors (Lipinski definition) is 1. The number of aliphatic hydroxyl groups is 1. The fourth-order valence-electron chi connectivity index (χ4n) is 2.43. The minimum atomic E-state index is -0.712. The van der Waals surface area contributed by atoms with E-state index in [9.17, 15) is 14.3 Å². The van der Waals surface area contributed by atoms with Gasteiger partial charge in [-0.1, -0.05) is 25.5 Å². The number of nitrogens with zero attached hydrogens (tertiary/aromatic N) is 1. The molecular formula is C15H20FNO3. The highest BCUT2D eigenvalue weighted by Gasteiger charge is 2.42. The molecule has 1 aromatic carbocycles. The first-order chi connectivity index (χ1) is 9.54. The molecule has 0 atom stereocenters. The number of halogens is 1. The third-order valence-electron chi connectivity index (χ3n) is 3.45. The van der Waals surface area contributed by atoms with Crippen molar-refractivity contribution in [1.29, 1.82) is 0 Å². The van der Waals surface area contributed by atoms with Crippen LogP contribution in [-0.4, -0.2) is 41.2 Å². The quantitative estimate of drug-likeness (QED) is 0.867. The Hall–Kier alpha value is -1.62. The lowest BCUT2D eigenvalue weighted by Crippen LogP contribution is -2.63. The van der Waals surface area contributed by atoms with Gasteiger partial charge in [0.05, 0.1) is 31.7 Å². The standard InChI is InChI=1S/C15H20FNO3/c1-2-8-15(19)10-17(11-15)14(18)7-9-20-13-6-4-3-5-12(13)16/h3-6,19H,2,7-11H2,1H3. The maximum Gasteiger partial charge on any atom is 0.226 e. The molecule has 1 aromatic rings. The molecule has 0 spiro atoms. The molecule has 20 heavy (non-hydrogen) atoms. The van der Waals surface area contributed by atoms with E-state index in [2.05, 4.69) is 0 Å². The molecule has 1 heterocycles. The summed E-state index contributed by atoms with van der Waals surface area (Å²) in [4.78, 5) is 13.4. The van der Waals surface area contributed by atoms with E-state index in [1.165, 1.54) is 12.1 Å². The third kappa shape index (κ3) is 3.48. The van der Waals surface area contributed by atoms with Crippen molar-refractivity contribution in [2.45, 2.75) is 31.8 Å². The van der Waals surface area contributed by atoms with Crippen LogP contribution < -0.4 is 4.74 Å². The van der Waals surface area contributed by atoms with Gasteiger partial charge in [-0.15, -0.1) is 0 Å². The molecule has 1 amide bonds. The molecule has 1 aliphatic rings. The second-order valence-corrected chi connectivity index (χ2v) is 5.25. The summed E-state index contributed by atoms with van der Waals surface area (Å²) in [6.45, 7) is 2.92. The van der Waals surface area contributed by atoms with E-state index in [1.54, 1.807) is 17.0 Å². The van der Waals surface area contributed by atoms with E-state index in [0.29, 0.717) is 19.5 Å². The molecule has 1 saturated heterocycles. The molecule has 2 rings (SSSR count). The van der Waals surface area contributed by atoms with Crippen molar-refractivity contribution >= 4 is 5.91 Å². The molecule has 0 radical (unpaired) electrons. The first kappa shape index (κ1) is 14.8. The first-order valence-corrected chi connectivity index (χ1v) is 6.91.